The van der Waals surface area contributed by atoms with Crippen LogP contribution in [0.4, 0.5) is 9.18 Å². The first-order valence-electron chi connectivity index (χ1n) is 7.91. The normalized spacial score (nSPS) is 16.8. The minimum Gasteiger partial charge on any atom is -0.381 e. The number of thioether (sulfide) groups is 1. The number of amides is 2. The summed E-state index contributed by atoms with van der Waals surface area (Å²) in [7, 11) is 1.79. The third-order valence-electron chi connectivity index (χ3n) is 4.39. The van der Waals surface area contributed by atoms with Crippen molar-refractivity contribution in [1.29, 1.82) is 0 Å². The van der Waals surface area contributed by atoms with Crippen molar-refractivity contribution in [2.24, 2.45) is 0 Å². The first-order valence-corrected chi connectivity index (χ1v) is 9.13. The molecule has 1 aliphatic rings. The van der Waals surface area contributed by atoms with Gasteiger partial charge < -0.3 is 15.0 Å². The molecule has 6 heteroatoms. The Balaban J connectivity index is 1.76. The molecule has 23 heavy (non-hydrogen) atoms. The van der Waals surface area contributed by atoms with Crippen molar-refractivity contribution in [2.45, 2.75) is 24.0 Å². The summed E-state index contributed by atoms with van der Waals surface area (Å²) in [6, 6.07) is 6.34. The molecular formula is C17H25FN2O2S. The van der Waals surface area contributed by atoms with E-state index in [0.29, 0.717) is 19.5 Å². The highest BCUT2D eigenvalue weighted by molar-refractivity contribution is 8.00. The molecule has 4 nitrogen and oxygen atoms in total. The Hall–Kier alpha value is -1.27. The summed E-state index contributed by atoms with van der Waals surface area (Å²) in [5.41, 5.74) is 1.02. The zero-order valence-electron chi connectivity index (χ0n) is 13.8. The van der Waals surface area contributed by atoms with Crippen LogP contribution in [0, 0.1) is 5.82 Å². The summed E-state index contributed by atoms with van der Waals surface area (Å²) in [5, 5.41) is 3.04. The highest BCUT2D eigenvalue weighted by Crippen LogP contribution is 2.32. The molecule has 0 unspecified atom stereocenters. The highest BCUT2D eigenvalue weighted by atomic mass is 32.2. The van der Waals surface area contributed by atoms with Crippen molar-refractivity contribution in [3.63, 3.8) is 0 Å². The number of nitrogens with one attached hydrogen (secondary N) is 1. The number of ether oxygens (including phenoxy) is 1. The van der Waals surface area contributed by atoms with E-state index in [0.717, 1.165) is 31.6 Å². The smallest absolute Gasteiger partial charge is 0.317 e. The van der Waals surface area contributed by atoms with Gasteiger partial charge in [0.25, 0.3) is 0 Å². The van der Waals surface area contributed by atoms with Crippen molar-refractivity contribution in [3.05, 3.63) is 35.6 Å². The average molecular weight is 340 g/mol. The van der Waals surface area contributed by atoms with Gasteiger partial charge in [0.05, 0.1) is 0 Å². The molecule has 1 aromatic carbocycles. The van der Waals surface area contributed by atoms with Gasteiger partial charge in [-0.1, -0.05) is 12.1 Å². The monoisotopic (exact) mass is 340 g/mol. The number of halogens is 1. The molecule has 128 valence electrons. The molecule has 0 saturated carbocycles. The fraction of sp³-hybridized carbons (Fsp3) is 0.588. The Bertz CT molecular complexity index is 504. The molecule has 0 atom stereocenters. The molecule has 1 aliphatic heterocycles. The predicted molar refractivity (Wildman–Crippen MR) is 92.4 cm³/mol. The lowest BCUT2D eigenvalue weighted by Gasteiger charge is -2.36. The summed E-state index contributed by atoms with van der Waals surface area (Å²) < 4.78 is 18.4. The van der Waals surface area contributed by atoms with Crippen LogP contribution >= 0.6 is 11.8 Å². The lowest BCUT2D eigenvalue weighted by molar-refractivity contribution is 0.0773. The van der Waals surface area contributed by atoms with Crippen molar-refractivity contribution < 1.29 is 13.9 Å². The van der Waals surface area contributed by atoms with Crippen molar-refractivity contribution >= 4 is 17.8 Å². The molecule has 2 rings (SSSR count). The summed E-state index contributed by atoms with van der Waals surface area (Å²) in [5.74, 6) is -0.237. The maximum absolute atomic E-state index is 12.9. The molecule has 0 bridgehead atoms. The van der Waals surface area contributed by atoms with E-state index in [1.54, 1.807) is 24.1 Å². The van der Waals surface area contributed by atoms with Gasteiger partial charge in [-0.25, -0.2) is 9.18 Å². The van der Waals surface area contributed by atoms with E-state index in [1.807, 2.05) is 11.8 Å². The van der Waals surface area contributed by atoms with Crippen LogP contribution in [0.2, 0.25) is 0 Å². The molecule has 1 aromatic rings. The fourth-order valence-electron chi connectivity index (χ4n) is 2.62. The second-order valence-corrected chi connectivity index (χ2v) is 7.23. The van der Waals surface area contributed by atoms with E-state index in [2.05, 4.69) is 11.6 Å². The summed E-state index contributed by atoms with van der Waals surface area (Å²) in [6.45, 7) is 2.79. The molecule has 1 N–H and O–H groups in total. The van der Waals surface area contributed by atoms with Crippen LogP contribution in [-0.2, 0) is 11.2 Å². The number of hydrogen-bond acceptors (Lipinski definition) is 3. The lowest BCUT2D eigenvalue weighted by Crippen LogP contribution is -2.47. The molecule has 0 radical (unpaired) electrons. The van der Waals surface area contributed by atoms with Gasteiger partial charge in [0, 0.05) is 38.1 Å². The summed E-state index contributed by atoms with van der Waals surface area (Å²) in [4.78, 5) is 13.9. The zero-order chi connectivity index (χ0) is 16.7. The van der Waals surface area contributed by atoms with Gasteiger partial charge in [-0.2, -0.15) is 11.8 Å². The van der Waals surface area contributed by atoms with Crippen molar-refractivity contribution in [1.82, 2.24) is 10.2 Å². The minimum absolute atomic E-state index is 0.0629. The van der Waals surface area contributed by atoms with E-state index in [1.165, 1.54) is 12.1 Å². The number of benzene rings is 1. The zero-order valence-corrected chi connectivity index (χ0v) is 14.6. The molecular weight excluding hydrogens is 315 g/mol. The van der Waals surface area contributed by atoms with Crippen LogP contribution in [0.15, 0.2) is 24.3 Å². The number of rotatable bonds is 6. The Morgan fingerprint density at radius 2 is 2.00 bits per heavy atom. The summed E-state index contributed by atoms with van der Waals surface area (Å²) >= 11 is 1.81. The second kappa shape index (κ2) is 8.55. The van der Waals surface area contributed by atoms with Crippen molar-refractivity contribution in [2.75, 3.05) is 39.6 Å². The van der Waals surface area contributed by atoms with Gasteiger partial charge in [-0.3, -0.25) is 0 Å². The van der Waals surface area contributed by atoms with Gasteiger partial charge >= 0.3 is 6.03 Å². The third-order valence-corrected chi connectivity index (χ3v) is 5.81. The van der Waals surface area contributed by atoms with E-state index < -0.39 is 0 Å². The predicted octanol–water partition coefficient (Wildman–Crippen LogP) is 2.92. The largest absolute Gasteiger partial charge is 0.381 e. The van der Waals surface area contributed by atoms with E-state index in [-0.39, 0.29) is 16.6 Å². The first-order chi connectivity index (χ1) is 11.0. The Morgan fingerprint density at radius 1 is 1.35 bits per heavy atom. The van der Waals surface area contributed by atoms with Gasteiger partial charge in [0.1, 0.15) is 5.82 Å². The van der Waals surface area contributed by atoms with E-state index in [4.69, 9.17) is 4.74 Å². The van der Waals surface area contributed by atoms with Gasteiger partial charge in [-0.15, -0.1) is 0 Å². The third kappa shape index (κ3) is 5.39. The van der Waals surface area contributed by atoms with Crippen LogP contribution in [0.3, 0.4) is 0 Å². The minimum atomic E-state index is -0.237. The van der Waals surface area contributed by atoms with Gasteiger partial charge in [0.2, 0.25) is 0 Å². The molecule has 0 aliphatic carbocycles. The number of hydrogen-bond donors (Lipinski definition) is 1. The molecule has 2 amide bonds. The van der Waals surface area contributed by atoms with Crippen molar-refractivity contribution in [3.8, 4) is 0 Å². The standard InChI is InChI=1S/C17H25FN2O2S/c1-20(10-7-14-3-5-15(18)6-4-14)16(21)19-13-17(23-2)8-11-22-12-9-17/h3-6H,7-13H2,1-2H3,(H,19,21). The first kappa shape index (κ1) is 18.1. The topological polar surface area (TPSA) is 41.6 Å². The average Bonchev–Trinajstić information content (AvgIpc) is 2.59. The molecule has 0 aromatic heterocycles. The molecule has 1 fully saturated rings. The Kier molecular flexibility index (Phi) is 6.72. The summed E-state index contributed by atoms with van der Waals surface area (Å²) in [6.07, 6.45) is 4.74. The maximum Gasteiger partial charge on any atom is 0.317 e. The van der Waals surface area contributed by atoms with Crippen LogP contribution in [0.5, 0.6) is 0 Å². The molecule has 1 heterocycles. The molecule has 0 spiro atoms. The van der Waals surface area contributed by atoms with Gasteiger partial charge in [0.15, 0.2) is 0 Å². The highest BCUT2D eigenvalue weighted by Gasteiger charge is 2.32. The van der Waals surface area contributed by atoms with Crippen LogP contribution in [0.1, 0.15) is 18.4 Å². The van der Waals surface area contributed by atoms with Crippen LogP contribution in [0.25, 0.3) is 0 Å². The number of nitrogens with zero attached hydrogens (tertiary/aromatic N) is 1. The SMILES string of the molecule is CSC1(CNC(=O)N(C)CCc2ccc(F)cc2)CCOCC1. The Labute approximate surface area is 141 Å². The van der Waals surface area contributed by atoms with E-state index >= 15 is 0 Å². The lowest BCUT2D eigenvalue weighted by atomic mass is 9.99. The van der Waals surface area contributed by atoms with Gasteiger partial charge in [-0.05, 0) is 43.2 Å². The molecule has 1 saturated heterocycles. The fourth-order valence-corrected chi connectivity index (χ4v) is 3.41. The van der Waals surface area contributed by atoms with Crippen LogP contribution < -0.4 is 5.32 Å². The maximum atomic E-state index is 12.9. The van der Waals surface area contributed by atoms with E-state index in [9.17, 15) is 9.18 Å². The quantitative estimate of drug-likeness (QED) is 0.866. The van der Waals surface area contributed by atoms with Crippen LogP contribution in [-0.4, -0.2) is 55.3 Å². The number of likely N-dealkylation sites (N-methyl/N-ethyl adjacent to an activating group) is 1. The number of urea groups is 1. The Morgan fingerprint density at radius 3 is 2.61 bits per heavy atom. The number of carbonyl (C=O) groups excluding carboxylic acids is 1. The second-order valence-electron chi connectivity index (χ2n) is 5.96. The number of carbonyl (C=O) groups is 1.